The first-order valence-corrected chi connectivity index (χ1v) is 9.62. The number of nitriles is 1. The Balaban J connectivity index is 1.64. The van der Waals surface area contributed by atoms with Crippen LogP contribution < -0.4 is 14.8 Å². The van der Waals surface area contributed by atoms with Crippen LogP contribution in [0.15, 0.2) is 54.1 Å². The summed E-state index contributed by atoms with van der Waals surface area (Å²) in [4.78, 5) is 12.6. The van der Waals surface area contributed by atoms with E-state index in [1.165, 1.54) is 0 Å². The van der Waals surface area contributed by atoms with Gasteiger partial charge in [-0.3, -0.25) is 4.79 Å². The van der Waals surface area contributed by atoms with Crippen LogP contribution in [0.2, 0.25) is 5.02 Å². The third-order valence-electron chi connectivity index (χ3n) is 4.85. The SMILES string of the molecule is Cc1cc(C=C(C#N)C(=O)Nc2ccc(Cl)cc2)c(C)n1-c1ccc2c(c1)OCO2. The largest absolute Gasteiger partial charge is 0.454 e. The molecule has 1 aliphatic rings. The van der Waals surface area contributed by atoms with Crippen LogP contribution in [-0.4, -0.2) is 17.3 Å². The first-order chi connectivity index (χ1) is 14.5. The second-order valence-electron chi connectivity index (χ2n) is 6.83. The van der Waals surface area contributed by atoms with Crippen LogP contribution >= 0.6 is 11.6 Å². The molecule has 1 aliphatic heterocycles. The van der Waals surface area contributed by atoms with Gasteiger partial charge in [0.25, 0.3) is 5.91 Å². The molecule has 1 amide bonds. The summed E-state index contributed by atoms with van der Waals surface area (Å²) in [6.45, 7) is 4.12. The molecule has 0 radical (unpaired) electrons. The average molecular weight is 420 g/mol. The molecule has 150 valence electrons. The molecule has 3 aromatic rings. The minimum atomic E-state index is -0.479. The number of nitrogens with one attached hydrogen (secondary N) is 1. The predicted molar refractivity (Wildman–Crippen MR) is 115 cm³/mol. The standard InChI is InChI=1S/C23H18ClN3O3/c1-14-9-16(10-17(12-25)23(28)26-19-5-3-18(24)4-6-19)15(2)27(14)20-7-8-21-22(11-20)30-13-29-21/h3-11H,13H2,1-2H3,(H,26,28). The number of rotatable bonds is 4. The van der Waals surface area contributed by atoms with E-state index in [0.29, 0.717) is 22.2 Å². The summed E-state index contributed by atoms with van der Waals surface area (Å²) < 4.78 is 12.9. The minimum absolute atomic E-state index is 0.0101. The third-order valence-corrected chi connectivity index (χ3v) is 5.10. The zero-order chi connectivity index (χ0) is 21.3. The van der Waals surface area contributed by atoms with E-state index >= 15 is 0 Å². The highest BCUT2D eigenvalue weighted by molar-refractivity contribution is 6.30. The van der Waals surface area contributed by atoms with E-state index in [9.17, 15) is 10.1 Å². The van der Waals surface area contributed by atoms with Crippen LogP contribution in [0.25, 0.3) is 11.8 Å². The van der Waals surface area contributed by atoms with E-state index in [1.807, 2.05) is 48.7 Å². The van der Waals surface area contributed by atoms with Gasteiger partial charge >= 0.3 is 0 Å². The molecule has 6 nitrogen and oxygen atoms in total. The number of nitrogens with zero attached hydrogens (tertiary/aromatic N) is 2. The number of hydrogen-bond donors (Lipinski definition) is 1. The fourth-order valence-electron chi connectivity index (χ4n) is 3.39. The van der Waals surface area contributed by atoms with Gasteiger partial charge in [-0.25, -0.2) is 0 Å². The van der Waals surface area contributed by atoms with Crippen LogP contribution in [0.5, 0.6) is 11.5 Å². The molecule has 7 heteroatoms. The zero-order valence-corrected chi connectivity index (χ0v) is 17.2. The van der Waals surface area contributed by atoms with E-state index in [4.69, 9.17) is 21.1 Å². The number of benzene rings is 2. The summed E-state index contributed by atoms with van der Waals surface area (Å²) >= 11 is 5.87. The molecule has 0 fully saturated rings. The van der Waals surface area contributed by atoms with E-state index in [2.05, 4.69) is 5.32 Å². The molecule has 0 bridgehead atoms. The van der Waals surface area contributed by atoms with Gasteiger partial charge in [0, 0.05) is 33.9 Å². The molecule has 0 unspecified atom stereocenters. The Morgan fingerprint density at radius 3 is 2.60 bits per heavy atom. The van der Waals surface area contributed by atoms with E-state index in [0.717, 1.165) is 22.6 Å². The maximum absolute atomic E-state index is 12.6. The molecule has 1 N–H and O–H groups in total. The number of ether oxygens (including phenoxy) is 2. The van der Waals surface area contributed by atoms with Gasteiger partial charge in [-0.05, 0) is 68.0 Å². The molecule has 0 saturated carbocycles. The monoisotopic (exact) mass is 419 g/mol. The van der Waals surface area contributed by atoms with Crippen molar-refractivity contribution in [2.45, 2.75) is 13.8 Å². The molecule has 30 heavy (non-hydrogen) atoms. The maximum atomic E-state index is 12.6. The molecule has 1 aromatic heterocycles. The van der Waals surface area contributed by atoms with Gasteiger partial charge in [-0.2, -0.15) is 5.26 Å². The van der Waals surface area contributed by atoms with Gasteiger partial charge in [0.05, 0.1) is 0 Å². The smallest absolute Gasteiger partial charge is 0.266 e. The van der Waals surface area contributed by atoms with Gasteiger partial charge in [-0.15, -0.1) is 0 Å². The van der Waals surface area contributed by atoms with Crippen molar-refractivity contribution in [3.8, 4) is 23.3 Å². The van der Waals surface area contributed by atoms with Crippen LogP contribution in [0.1, 0.15) is 17.0 Å². The predicted octanol–water partition coefficient (Wildman–Crippen LogP) is 5.02. The molecule has 0 aliphatic carbocycles. The number of aryl methyl sites for hydroxylation is 1. The van der Waals surface area contributed by atoms with Gasteiger partial charge in [-0.1, -0.05) is 11.6 Å². The van der Waals surface area contributed by atoms with Gasteiger partial charge in [0.15, 0.2) is 11.5 Å². The Morgan fingerprint density at radius 1 is 1.13 bits per heavy atom. The fraction of sp³-hybridized carbons (Fsp3) is 0.130. The van der Waals surface area contributed by atoms with Crippen LogP contribution in [0, 0.1) is 25.2 Å². The number of aromatic nitrogens is 1. The Labute approximate surface area is 178 Å². The molecule has 0 spiro atoms. The van der Waals surface area contributed by atoms with E-state index < -0.39 is 5.91 Å². The molecule has 4 rings (SSSR count). The van der Waals surface area contributed by atoms with Crippen molar-refractivity contribution in [3.63, 3.8) is 0 Å². The number of amides is 1. The lowest BCUT2D eigenvalue weighted by atomic mass is 10.1. The number of fused-ring (bicyclic) bond motifs is 1. The maximum Gasteiger partial charge on any atom is 0.266 e. The number of hydrogen-bond acceptors (Lipinski definition) is 4. The fourth-order valence-corrected chi connectivity index (χ4v) is 3.52. The van der Waals surface area contributed by atoms with E-state index in [1.54, 1.807) is 30.3 Å². The zero-order valence-electron chi connectivity index (χ0n) is 16.4. The van der Waals surface area contributed by atoms with Crippen molar-refractivity contribution in [3.05, 3.63) is 76.1 Å². The number of carbonyl (C=O) groups is 1. The molecule has 0 atom stereocenters. The topological polar surface area (TPSA) is 76.3 Å². The quantitative estimate of drug-likeness (QED) is 0.475. The van der Waals surface area contributed by atoms with Crippen molar-refractivity contribution in [2.24, 2.45) is 0 Å². The van der Waals surface area contributed by atoms with Crippen molar-refractivity contribution < 1.29 is 14.3 Å². The van der Waals surface area contributed by atoms with Crippen molar-refractivity contribution in [1.29, 1.82) is 5.26 Å². The highest BCUT2D eigenvalue weighted by Crippen LogP contribution is 2.35. The molecule has 0 saturated heterocycles. The molecule has 2 aromatic carbocycles. The van der Waals surface area contributed by atoms with Crippen LogP contribution in [0.3, 0.4) is 0 Å². The second kappa shape index (κ2) is 7.97. The first kappa shape index (κ1) is 19.6. The van der Waals surface area contributed by atoms with Gasteiger partial charge in [0.1, 0.15) is 11.6 Å². The number of carbonyl (C=O) groups excluding carboxylic acids is 1. The molecular weight excluding hydrogens is 402 g/mol. The minimum Gasteiger partial charge on any atom is -0.454 e. The highest BCUT2D eigenvalue weighted by atomic mass is 35.5. The number of anilines is 1. The highest BCUT2D eigenvalue weighted by Gasteiger charge is 2.17. The normalized spacial score (nSPS) is 12.5. The summed E-state index contributed by atoms with van der Waals surface area (Å²) in [5.41, 5.74) is 4.14. The third kappa shape index (κ3) is 3.76. The van der Waals surface area contributed by atoms with Crippen LogP contribution in [0.4, 0.5) is 5.69 Å². The van der Waals surface area contributed by atoms with Gasteiger partial charge < -0.3 is 19.4 Å². The Bertz CT molecular complexity index is 1200. The van der Waals surface area contributed by atoms with E-state index in [-0.39, 0.29) is 12.4 Å². The molecule has 2 heterocycles. The van der Waals surface area contributed by atoms with Crippen molar-refractivity contribution in [1.82, 2.24) is 4.57 Å². The average Bonchev–Trinajstić information content (AvgIpc) is 3.31. The van der Waals surface area contributed by atoms with Gasteiger partial charge in [0.2, 0.25) is 6.79 Å². The summed E-state index contributed by atoms with van der Waals surface area (Å²) in [6.07, 6.45) is 1.59. The lowest BCUT2D eigenvalue weighted by Gasteiger charge is -2.10. The Hall–Kier alpha value is -3.69. The first-order valence-electron chi connectivity index (χ1n) is 9.24. The Kier molecular flexibility index (Phi) is 5.21. The van der Waals surface area contributed by atoms with Crippen molar-refractivity contribution in [2.75, 3.05) is 12.1 Å². The summed E-state index contributed by atoms with van der Waals surface area (Å²) in [7, 11) is 0. The number of halogens is 1. The summed E-state index contributed by atoms with van der Waals surface area (Å²) in [5, 5.41) is 12.8. The summed E-state index contributed by atoms with van der Waals surface area (Å²) in [6, 6.07) is 16.4. The molecular formula is C23H18ClN3O3. The lowest BCUT2D eigenvalue weighted by Crippen LogP contribution is -2.13. The lowest BCUT2D eigenvalue weighted by molar-refractivity contribution is -0.112. The second-order valence-corrected chi connectivity index (χ2v) is 7.27. The Morgan fingerprint density at radius 2 is 1.87 bits per heavy atom. The van der Waals surface area contributed by atoms with Crippen LogP contribution in [-0.2, 0) is 4.79 Å². The summed E-state index contributed by atoms with van der Waals surface area (Å²) in [5.74, 6) is 0.928. The van der Waals surface area contributed by atoms with Crippen molar-refractivity contribution >= 4 is 29.3 Å².